The molecule has 0 radical (unpaired) electrons. The minimum absolute atomic E-state index is 0.269. The Hall–Kier alpha value is -1.69. The number of furan rings is 1. The number of nitrogens with zero attached hydrogens (tertiary/aromatic N) is 1. The van der Waals surface area contributed by atoms with Crippen molar-refractivity contribution in [1.29, 1.82) is 0 Å². The van der Waals surface area contributed by atoms with E-state index in [0.717, 1.165) is 19.4 Å². The normalized spacial score (nSPS) is 10.6. The van der Waals surface area contributed by atoms with E-state index in [1.807, 2.05) is 0 Å². The summed E-state index contributed by atoms with van der Waals surface area (Å²) in [6.45, 7) is 2.93. The van der Waals surface area contributed by atoms with E-state index >= 15 is 0 Å². The first kappa shape index (κ1) is 13.4. The number of nitro groups is 1. The van der Waals surface area contributed by atoms with Crippen molar-refractivity contribution in [1.82, 2.24) is 5.32 Å². The van der Waals surface area contributed by atoms with Crippen molar-refractivity contribution in [2.24, 2.45) is 0 Å². The number of rotatable bonds is 6. The van der Waals surface area contributed by atoms with Crippen LogP contribution in [0.5, 0.6) is 0 Å². The first-order valence-corrected chi connectivity index (χ1v) is 5.74. The molecular weight excluding hydrogens is 240 g/mol. The summed E-state index contributed by atoms with van der Waals surface area (Å²) < 4.78 is 4.95. The van der Waals surface area contributed by atoms with Gasteiger partial charge in [0.15, 0.2) is 0 Å². The van der Waals surface area contributed by atoms with E-state index < -0.39 is 4.92 Å². The molecule has 1 rings (SSSR count). The predicted octanol–water partition coefficient (Wildman–Crippen LogP) is 2.92. The SMILES string of the molecule is CCCCNC(=S)/C=C/c1ccc([N+](=O)[O-])o1. The predicted molar refractivity (Wildman–Crippen MR) is 69.9 cm³/mol. The summed E-state index contributed by atoms with van der Waals surface area (Å²) in [6, 6.07) is 2.84. The van der Waals surface area contributed by atoms with Crippen LogP contribution in [0.4, 0.5) is 5.88 Å². The average molecular weight is 254 g/mol. The second-order valence-corrected chi connectivity index (χ2v) is 3.85. The molecule has 1 heterocycles. The van der Waals surface area contributed by atoms with E-state index in [1.54, 1.807) is 12.2 Å². The van der Waals surface area contributed by atoms with Crippen LogP contribution in [0.2, 0.25) is 0 Å². The number of unbranched alkanes of at least 4 members (excludes halogenated alkanes) is 1. The van der Waals surface area contributed by atoms with Gasteiger partial charge < -0.3 is 9.73 Å². The lowest BCUT2D eigenvalue weighted by atomic mass is 10.3. The van der Waals surface area contributed by atoms with Gasteiger partial charge in [0.05, 0.1) is 11.1 Å². The molecule has 0 aromatic carbocycles. The fraction of sp³-hybridized carbons (Fsp3) is 0.364. The van der Waals surface area contributed by atoms with Crippen molar-refractivity contribution < 1.29 is 9.34 Å². The summed E-state index contributed by atoms with van der Waals surface area (Å²) in [6.07, 6.45) is 5.42. The van der Waals surface area contributed by atoms with Crippen LogP contribution >= 0.6 is 12.2 Å². The Morgan fingerprint density at radius 2 is 2.41 bits per heavy atom. The molecule has 0 bridgehead atoms. The van der Waals surface area contributed by atoms with E-state index in [2.05, 4.69) is 12.2 Å². The van der Waals surface area contributed by atoms with Gasteiger partial charge in [0, 0.05) is 6.54 Å². The van der Waals surface area contributed by atoms with Gasteiger partial charge in [-0.2, -0.15) is 0 Å². The van der Waals surface area contributed by atoms with Crippen molar-refractivity contribution in [3.05, 3.63) is 34.1 Å². The fourth-order valence-corrected chi connectivity index (χ4v) is 1.31. The molecule has 1 N–H and O–H groups in total. The van der Waals surface area contributed by atoms with Crippen LogP contribution in [-0.2, 0) is 0 Å². The summed E-state index contributed by atoms with van der Waals surface area (Å²) in [5.41, 5.74) is 0. The lowest BCUT2D eigenvalue weighted by Crippen LogP contribution is -2.19. The van der Waals surface area contributed by atoms with Gasteiger partial charge in [-0.1, -0.05) is 25.6 Å². The highest BCUT2D eigenvalue weighted by Crippen LogP contribution is 2.16. The van der Waals surface area contributed by atoms with Gasteiger partial charge in [0.25, 0.3) is 0 Å². The quantitative estimate of drug-likeness (QED) is 0.278. The summed E-state index contributed by atoms with van der Waals surface area (Å²) in [5, 5.41) is 13.4. The summed E-state index contributed by atoms with van der Waals surface area (Å²) in [4.78, 5) is 10.4. The molecule has 92 valence electrons. The number of nitrogens with one attached hydrogen (secondary N) is 1. The molecule has 0 unspecified atom stereocenters. The van der Waals surface area contributed by atoms with Gasteiger partial charge in [-0.15, -0.1) is 0 Å². The highest BCUT2D eigenvalue weighted by atomic mass is 32.1. The first-order chi connectivity index (χ1) is 8.13. The third-order valence-electron chi connectivity index (χ3n) is 2.02. The van der Waals surface area contributed by atoms with Crippen molar-refractivity contribution in [3.63, 3.8) is 0 Å². The molecule has 0 spiro atoms. The zero-order valence-corrected chi connectivity index (χ0v) is 10.3. The van der Waals surface area contributed by atoms with E-state index in [0.29, 0.717) is 10.7 Å². The van der Waals surface area contributed by atoms with Crippen molar-refractivity contribution in [3.8, 4) is 0 Å². The molecule has 0 aliphatic carbocycles. The minimum Gasteiger partial charge on any atom is -0.401 e. The van der Waals surface area contributed by atoms with Gasteiger partial charge in [-0.05, 0) is 24.6 Å². The molecule has 5 nitrogen and oxygen atoms in total. The maximum Gasteiger partial charge on any atom is 0.433 e. The molecule has 17 heavy (non-hydrogen) atoms. The summed E-state index contributed by atoms with van der Waals surface area (Å²) in [7, 11) is 0. The molecule has 0 amide bonds. The Balaban J connectivity index is 2.46. The minimum atomic E-state index is -0.574. The zero-order chi connectivity index (χ0) is 12.7. The molecule has 1 aromatic heterocycles. The zero-order valence-electron chi connectivity index (χ0n) is 9.51. The lowest BCUT2D eigenvalue weighted by molar-refractivity contribution is -0.402. The maximum absolute atomic E-state index is 10.4. The standard InChI is InChI=1S/C11H14N2O3S/c1-2-3-8-12-10(17)6-4-9-5-7-11(16-9)13(14)15/h4-7H,2-3,8H2,1H3,(H,12,17)/b6-4+. The average Bonchev–Trinajstić information content (AvgIpc) is 2.75. The second kappa shape index (κ2) is 6.80. The molecule has 0 saturated heterocycles. The molecule has 0 aliphatic rings. The van der Waals surface area contributed by atoms with Crippen molar-refractivity contribution in [2.75, 3.05) is 6.54 Å². The molecular formula is C11H14N2O3S. The van der Waals surface area contributed by atoms with Gasteiger partial charge >= 0.3 is 5.88 Å². The van der Waals surface area contributed by atoms with E-state index in [-0.39, 0.29) is 5.88 Å². The maximum atomic E-state index is 10.4. The van der Waals surface area contributed by atoms with E-state index in [1.165, 1.54) is 12.1 Å². The third-order valence-corrected chi connectivity index (χ3v) is 2.30. The summed E-state index contributed by atoms with van der Waals surface area (Å²) in [5.74, 6) is 0.144. The van der Waals surface area contributed by atoms with Gasteiger partial charge in [-0.25, -0.2) is 0 Å². The molecule has 0 atom stereocenters. The van der Waals surface area contributed by atoms with Crippen LogP contribution in [-0.4, -0.2) is 16.5 Å². The molecule has 1 aromatic rings. The van der Waals surface area contributed by atoms with Crippen molar-refractivity contribution >= 4 is 29.2 Å². The highest BCUT2D eigenvalue weighted by molar-refractivity contribution is 7.80. The van der Waals surface area contributed by atoms with Crippen LogP contribution in [0, 0.1) is 10.1 Å². The highest BCUT2D eigenvalue weighted by Gasteiger charge is 2.09. The van der Waals surface area contributed by atoms with Crippen LogP contribution in [0.15, 0.2) is 22.6 Å². The Bertz CT molecular complexity index is 426. The van der Waals surface area contributed by atoms with Crippen LogP contribution in [0.25, 0.3) is 6.08 Å². The topological polar surface area (TPSA) is 68.3 Å². The second-order valence-electron chi connectivity index (χ2n) is 3.41. The van der Waals surface area contributed by atoms with Crippen LogP contribution < -0.4 is 5.32 Å². The first-order valence-electron chi connectivity index (χ1n) is 5.33. The Kier molecular flexibility index (Phi) is 5.35. The van der Waals surface area contributed by atoms with Gasteiger partial charge in [-0.3, -0.25) is 10.1 Å². The number of hydrogen-bond acceptors (Lipinski definition) is 4. The van der Waals surface area contributed by atoms with Crippen molar-refractivity contribution in [2.45, 2.75) is 19.8 Å². The monoisotopic (exact) mass is 254 g/mol. The number of hydrogen-bond donors (Lipinski definition) is 1. The van der Waals surface area contributed by atoms with Gasteiger partial charge in [0.2, 0.25) is 0 Å². The Morgan fingerprint density at radius 1 is 1.65 bits per heavy atom. The molecule has 0 saturated carbocycles. The Morgan fingerprint density at radius 3 is 3.00 bits per heavy atom. The molecule has 0 fully saturated rings. The van der Waals surface area contributed by atoms with Crippen LogP contribution in [0.1, 0.15) is 25.5 Å². The smallest absolute Gasteiger partial charge is 0.401 e. The summed E-state index contributed by atoms with van der Waals surface area (Å²) >= 11 is 5.05. The molecule has 6 heteroatoms. The Labute approximate surface area is 105 Å². The largest absolute Gasteiger partial charge is 0.433 e. The lowest BCUT2D eigenvalue weighted by Gasteiger charge is -2.01. The number of thiocarbonyl (C=S) groups is 1. The third kappa shape index (κ3) is 4.78. The fourth-order valence-electron chi connectivity index (χ4n) is 1.14. The van der Waals surface area contributed by atoms with E-state index in [4.69, 9.17) is 16.6 Å². The molecule has 0 aliphatic heterocycles. The van der Waals surface area contributed by atoms with Crippen LogP contribution in [0.3, 0.4) is 0 Å². The van der Waals surface area contributed by atoms with Gasteiger partial charge in [0.1, 0.15) is 10.7 Å². The van der Waals surface area contributed by atoms with E-state index in [9.17, 15) is 10.1 Å².